The SMILES string of the molecule is c1ccc(-c2ccc(N(c3cccc(-c4ccc(-c5ccc6ccccc6c5)cc4)c3)c3ccccc3-c3cccc4oc5ccccc5c34)cc2)cc1. The monoisotopic (exact) mass is 689 g/mol. The van der Waals surface area contributed by atoms with Gasteiger partial charge in [-0.05, 0) is 98.2 Å². The minimum atomic E-state index is 0.886. The fourth-order valence-corrected chi connectivity index (χ4v) is 7.80. The summed E-state index contributed by atoms with van der Waals surface area (Å²) in [6, 6.07) is 75.9. The van der Waals surface area contributed by atoms with Gasteiger partial charge in [-0.2, -0.15) is 0 Å². The molecule has 0 aliphatic carbocycles. The molecule has 1 aromatic heterocycles. The normalized spacial score (nSPS) is 11.3. The van der Waals surface area contributed by atoms with Crippen molar-refractivity contribution in [1.82, 2.24) is 0 Å². The van der Waals surface area contributed by atoms with Gasteiger partial charge in [0.2, 0.25) is 0 Å². The minimum Gasteiger partial charge on any atom is -0.456 e. The lowest BCUT2D eigenvalue weighted by Gasteiger charge is -2.28. The smallest absolute Gasteiger partial charge is 0.136 e. The quantitative estimate of drug-likeness (QED) is 0.166. The van der Waals surface area contributed by atoms with Crippen molar-refractivity contribution < 1.29 is 4.42 Å². The van der Waals surface area contributed by atoms with E-state index in [2.05, 4.69) is 205 Å². The zero-order valence-electron chi connectivity index (χ0n) is 29.6. The summed E-state index contributed by atoms with van der Waals surface area (Å²) in [5, 5.41) is 4.75. The fourth-order valence-electron chi connectivity index (χ4n) is 7.80. The van der Waals surface area contributed by atoms with Gasteiger partial charge < -0.3 is 9.32 Å². The third kappa shape index (κ3) is 5.71. The highest BCUT2D eigenvalue weighted by molar-refractivity contribution is 6.14. The van der Waals surface area contributed by atoms with Gasteiger partial charge in [-0.1, -0.05) is 164 Å². The summed E-state index contributed by atoms with van der Waals surface area (Å²) in [5.74, 6) is 0. The second-order valence-corrected chi connectivity index (χ2v) is 13.7. The Morgan fingerprint density at radius 1 is 0.315 bits per heavy atom. The van der Waals surface area contributed by atoms with E-state index in [0.717, 1.165) is 55.7 Å². The number of rotatable bonds is 7. The van der Waals surface area contributed by atoms with Crippen LogP contribution in [0.3, 0.4) is 0 Å². The Balaban J connectivity index is 1.10. The molecule has 0 aliphatic heterocycles. The van der Waals surface area contributed by atoms with Crippen LogP contribution in [0.4, 0.5) is 17.1 Å². The van der Waals surface area contributed by atoms with E-state index in [0.29, 0.717) is 0 Å². The van der Waals surface area contributed by atoms with Crippen molar-refractivity contribution >= 4 is 49.8 Å². The maximum absolute atomic E-state index is 6.35. The Morgan fingerprint density at radius 2 is 0.870 bits per heavy atom. The van der Waals surface area contributed by atoms with Gasteiger partial charge in [0.05, 0.1) is 5.69 Å². The van der Waals surface area contributed by atoms with Crippen molar-refractivity contribution in [3.8, 4) is 44.5 Å². The van der Waals surface area contributed by atoms with Gasteiger partial charge in [0.15, 0.2) is 0 Å². The van der Waals surface area contributed by atoms with Crippen LogP contribution in [0.1, 0.15) is 0 Å². The lowest BCUT2D eigenvalue weighted by molar-refractivity contribution is 0.669. The molecule has 0 bridgehead atoms. The first-order chi connectivity index (χ1) is 26.8. The van der Waals surface area contributed by atoms with Gasteiger partial charge in [-0.3, -0.25) is 0 Å². The van der Waals surface area contributed by atoms with E-state index in [9.17, 15) is 0 Å². The van der Waals surface area contributed by atoms with E-state index < -0.39 is 0 Å². The molecule has 254 valence electrons. The summed E-state index contributed by atoms with van der Waals surface area (Å²) in [5.41, 5.74) is 14.4. The highest BCUT2D eigenvalue weighted by Gasteiger charge is 2.21. The van der Waals surface area contributed by atoms with Crippen LogP contribution in [-0.4, -0.2) is 0 Å². The number of hydrogen-bond donors (Lipinski definition) is 0. The molecule has 54 heavy (non-hydrogen) atoms. The lowest BCUT2D eigenvalue weighted by Crippen LogP contribution is -2.11. The number of para-hydroxylation sites is 2. The maximum Gasteiger partial charge on any atom is 0.136 e. The molecule has 0 saturated carbocycles. The van der Waals surface area contributed by atoms with Crippen molar-refractivity contribution in [3.63, 3.8) is 0 Å². The van der Waals surface area contributed by atoms with E-state index in [1.54, 1.807) is 0 Å². The Labute approximate surface area is 314 Å². The van der Waals surface area contributed by atoms with E-state index in [4.69, 9.17) is 4.42 Å². The molecule has 0 radical (unpaired) electrons. The number of furan rings is 1. The predicted molar refractivity (Wildman–Crippen MR) is 228 cm³/mol. The molecule has 0 amide bonds. The van der Waals surface area contributed by atoms with Crippen LogP contribution < -0.4 is 4.90 Å². The first kappa shape index (κ1) is 31.6. The topological polar surface area (TPSA) is 16.4 Å². The van der Waals surface area contributed by atoms with Crippen molar-refractivity contribution in [2.45, 2.75) is 0 Å². The number of fused-ring (bicyclic) bond motifs is 4. The van der Waals surface area contributed by atoms with E-state index in [1.165, 1.54) is 38.6 Å². The molecule has 0 atom stereocenters. The molecule has 9 aromatic carbocycles. The fraction of sp³-hybridized carbons (Fsp3) is 0. The third-order valence-corrected chi connectivity index (χ3v) is 10.5. The van der Waals surface area contributed by atoms with Gasteiger partial charge in [0.25, 0.3) is 0 Å². The van der Waals surface area contributed by atoms with E-state index in [-0.39, 0.29) is 0 Å². The summed E-state index contributed by atoms with van der Waals surface area (Å²) in [6.45, 7) is 0. The van der Waals surface area contributed by atoms with Gasteiger partial charge in [0, 0.05) is 27.7 Å². The summed E-state index contributed by atoms with van der Waals surface area (Å²) in [7, 11) is 0. The van der Waals surface area contributed by atoms with Crippen molar-refractivity contribution in [3.05, 3.63) is 212 Å². The van der Waals surface area contributed by atoms with Gasteiger partial charge >= 0.3 is 0 Å². The van der Waals surface area contributed by atoms with Crippen LogP contribution in [0.25, 0.3) is 77.2 Å². The third-order valence-electron chi connectivity index (χ3n) is 10.5. The number of benzene rings is 9. The Kier molecular flexibility index (Phi) is 7.85. The standard InChI is InChI=1S/C52H35NO/c1-2-12-36(13-3-1)38-30-32-44(33-31-38)53(49-21-8-6-18-46(49)47-20-11-23-51-52(47)48-19-7-9-22-50(48)54-51)45-17-10-16-42(35-45)39-24-26-40(27-25-39)43-29-28-37-14-4-5-15-41(37)34-43/h1-35H. The predicted octanol–water partition coefficient (Wildman–Crippen LogP) is 14.9. The van der Waals surface area contributed by atoms with Crippen LogP contribution in [-0.2, 0) is 0 Å². The molecule has 0 unspecified atom stereocenters. The van der Waals surface area contributed by atoms with Crippen molar-refractivity contribution in [2.75, 3.05) is 4.90 Å². The maximum atomic E-state index is 6.35. The molecule has 0 saturated heterocycles. The molecule has 10 rings (SSSR count). The molecule has 0 aliphatic rings. The molecular weight excluding hydrogens is 655 g/mol. The summed E-state index contributed by atoms with van der Waals surface area (Å²) in [4.78, 5) is 2.39. The molecular formula is C52H35NO. The molecule has 1 heterocycles. The van der Waals surface area contributed by atoms with Gasteiger partial charge in [0.1, 0.15) is 11.2 Å². The molecule has 0 fully saturated rings. The second kappa shape index (κ2) is 13.4. The summed E-state index contributed by atoms with van der Waals surface area (Å²) in [6.07, 6.45) is 0. The molecule has 2 nitrogen and oxygen atoms in total. The largest absolute Gasteiger partial charge is 0.456 e. The zero-order valence-corrected chi connectivity index (χ0v) is 29.6. The lowest BCUT2D eigenvalue weighted by atomic mass is 9.96. The average molecular weight is 690 g/mol. The molecule has 0 N–H and O–H groups in total. The second-order valence-electron chi connectivity index (χ2n) is 13.7. The Hall–Kier alpha value is -7.16. The van der Waals surface area contributed by atoms with Crippen molar-refractivity contribution in [2.24, 2.45) is 0 Å². The Bertz CT molecular complexity index is 2920. The van der Waals surface area contributed by atoms with Crippen LogP contribution in [0.5, 0.6) is 0 Å². The molecule has 10 aromatic rings. The van der Waals surface area contributed by atoms with Crippen LogP contribution in [0, 0.1) is 0 Å². The number of anilines is 3. The van der Waals surface area contributed by atoms with Crippen LogP contribution in [0.2, 0.25) is 0 Å². The highest BCUT2D eigenvalue weighted by atomic mass is 16.3. The van der Waals surface area contributed by atoms with Crippen molar-refractivity contribution in [1.29, 1.82) is 0 Å². The molecule has 0 spiro atoms. The van der Waals surface area contributed by atoms with Crippen LogP contribution in [0.15, 0.2) is 217 Å². The first-order valence-corrected chi connectivity index (χ1v) is 18.4. The number of nitrogens with zero attached hydrogens (tertiary/aromatic N) is 1. The summed E-state index contributed by atoms with van der Waals surface area (Å²) < 4.78 is 6.35. The highest BCUT2D eigenvalue weighted by Crippen LogP contribution is 2.45. The molecule has 2 heteroatoms. The summed E-state index contributed by atoms with van der Waals surface area (Å²) >= 11 is 0. The first-order valence-electron chi connectivity index (χ1n) is 18.4. The number of hydrogen-bond acceptors (Lipinski definition) is 2. The van der Waals surface area contributed by atoms with Gasteiger partial charge in [-0.25, -0.2) is 0 Å². The van der Waals surface area contributed by atoms with Gasteiger partial charge in [-0.15, -0.1) is 0 Å². The van der Waals surface area contributed by atoms with E-state index in [1.807, 2.05) is 12.1 Å². The average Bonchev–Trinajstić information content (AvgIpc) is 3.64. The zero-order chi connectivity index (χ0) is 35.8. The minimum absolute atomic E-state index is 0.886. The van der Waals surface area contributed by atoms with E-state index >= 15 is 0 Å². The van der Waals surface area contributed by atoms with Crippen LogP contribution >= 0.6 is 0 Å². The Morgan fingerprint density at radius 3 is 1.70 bits per heavy atom.